The number of amides is 1. The number of benzene rings is 1. The zero-order valence-corrected chi connectivity index (χ0v) is 13.5. The van der Waals surface area contributed by atoms with E-state index >= 15 is 0 Å². The second kappa shape index (κ2) is 7.57. The number of hydrogen-bond acceptors (Lipinski definition) is 5. The van der Waals surface area contributed by atoms with E-state index in [2.05, 4.69) is 9.97 Å². The number of nitrogens with zero attached hydrogens (tertiary/aromatic N) is 3. The van der Waals surface area contributed by atoms with Crippen LogP contribution >= 0.6 is 11.8 Å². The van der Waals surface area contributed by atoms with Crippen LogP contribution in [0.2, 0.25) is 0 Å². The SMILES string of the molecule is O=C(c1ccccc1SC(F)F)N1CC[C@@H](Oc2ncccn2)C1. The van der Waals surface area contributed by atoms with Gasteiger partial charge < -0.3 is 9.64 Å². The number of likely N-dealkylation sites (tertiary alicyclic amines) is 1. The lowest BCUT2D eigenvalue weighted by Gasteiger charge is -2.18. The summed E-state index contributed by atoms with van der Waals surface area (Å²) in [5.74, 6) is -2.83. The minimum Gasteiger partial charge on any atom is -0.458 e. The molecule has 0 saturated carbocycles. The fraction of sp³-hybridized carbons (Fsp3) is 0.312. The van der Waals surface area contributed by atoms with E-state index in [1.54, 1.807) is 41.6 Å². The van der Waals surface area contributed by atoms with Crippen LogP contribution in [0.25, 0.3) is 0 Å². The molecule has 2 aromatic rings. The van der Waals surface area contributed by atoms with Crippen molar-refractivity contribution < 1.29 is 18.3 Å². The third-order valence-corrected chi connectivity index (χ3v) is 4.37. The molecule has 1 amide bonds. The summed E-state index contributed by atoms with van der Waals surface area (Å²) in [5.41, 5.74) is 0.291. The maximum Gasteiger partial charge on any atom is 0.316 e. The molecule has 24 heavy (non-hydrogen) atoms. The van der Waals surface area contributed by atoms with E-state index in [9.17, 15) is 13.6 Å². The fourth-order valence-electron chi connectivity index (χ4n) is 2.52. The van der Waals surface area contributed by atoms with Crippen LogP contribution in [0.1, 0.15) is 16.8 Å². The Balaban J connectivity index is 1.66. The van der Waals surface area contributed by atoms with Crippen molar-refractivity contribution in [2.75, 3.05) is 13.1 Å². The number of rotatable bonds is 5. The van der Waals surface area contributed by atoms with Gasteiger partial charge in [0.25, 0.3) is 11.7 Å². The van der Waals surface area contributed by atoms with Crippen LogP contribution in [0, 0.1) is 0 Å². The number of ether oxygens (including phenoxy) is 1. The van der Waals surface area contributed by atoms with Crippen molar-refractivity contribution in [3.8, 4) is 6.01 Å². The summed E-state index contributed by atoms with van der Waals surface area (Å²) in [4.78, 5) is 22.5. The van der Waals surface area contributed by atoms with Crippen LogP contribution in [0.15, 0.2) is 47.6 Å². The lowest BCUT2D eigenvalue weighted by molar-refractivity contribution is 0.0766. The number of carbonyl (C=O) groups excluding carboxylic acids is 1. The Morgan fingerprint density at radius 1 is 1.25 bits per heavy atom. The molecule has 1 aliphatic heterocycles. The van der Waals surface area contributed by atoms with E-state index in [1.165, 1.54) is 6.07 Å². The molecule has 1 fully saturated rings. The molecule has 0 N–H and O–H groups in total. The van der Waals surface area contributed by atoms with E-state index in [-0.39, 0.29) is 22.9 Å². The summed E-state index contributed by atoms with van der Waals surface area (Å²) in [6.45, 7) is 0.884. The Labute approximate surface area is 142 Å². The van der Waals surface area contributed by atoms with Crippen LogP contribution in [0.4, 0.5) is 8.78 Å². The minimum atomic E-state index is -2.57. The van der Waals surface area contributed by atoms with Crippen molar-refractivity contribution in [2.24, 2.45) is 0 Å². The first-order valence-corrected chi connectivity index (χ1v) is 8.28. The van der Waals surface area contributed by atoms with Crippen LogP contribution < -0.4 is 4.74 Å². The van der Waals surface area contributed by atoms with Crippen molar-refractivity contribution in [1.29, 1.82) is 0 Å². The van der Waals surface area contributed by atoms with Gasteiger partial charge in [0, 0.05) is 30.3 Å². The van der Waals surface area contributed by atoms with Gasteiger partial charge >= 0.3 is 6.01 Å². The summed E-state index contributed by atoms with van der Waals surface area (Å²) >= 11 is 0.384. The van der Waals surface area contributed by atoms with E-state index < -0.39 is 5.76 Å². The topological polar surface area (TPSA) is 55.3 Å². The molecule has 126 valence electrons. The van der Waals surface area contributed by atoms with Crippen LogP contribution in [0.5, 0.6) is 6.01 Å². The summed E-state index contributed by atoms with van der Waals surface area (Å²) in [6.07, 6.45) is 3.61. The molecule has 5 nitrogen and oxygen atoms in total. The van der Waals surface area contributed by atoms with Gasteiger partial charge in [-0.25, -0.2) is 9.97 Å². The molecule has 1 aliphatic rings. The van der Waals surface area contributed by atoms with E-state index in [0.717, 1.165) is 0 Å². The van der Waals surface area contributed by atoms with E-state index in [0.29, 0.717) is 36.8 Å². The lowest BCUT2D eigenvalue weighted by atomic mass is 10.2. The van der Waals surface area contributed by atoms with Gasteiger partial charge in [-0.15, -0.1) is 0 Å². The number of carbonyl (C=O) groups is 1. The quantitative estimate of drug-likeness (QED) is 0.775. The summed E-state index contributed by atoms with van der Waals surface area (Å²) < 4.78 is 30.9. The Hall–Kier alpha value is -2.22. The zero-order chi connectivity index (χ0) is 16.9. The predicted octanol–water partition coefficient (Wildman–Crippen LogP) is 3.08. The van der Waals surface area contributed by atoms with Gasteiger partial charge in [-0.3, -0.25) is 4.79 Å². The zero-order valence-electron chi connectivity index (χ0n) is 12.6. The van der Waals surface area contributed by atoms with Gasteiger partial charge in [-0.2, -0.15) is 8.78 Å². The molecule has 2 heterocycles. The first kappa shape index (κ1) is 16.6. The van der Waals surface area contributed by atoms with Gasteiger partial charge in [-0.1, -0.05) is 23.9 Å². The Morgan fingerprint density at radius 3 is 2.75 bits per heavy atom. The van der Waals surface area contributed by atoms with Gasteiger partial charge in [0.1, 0.15) is 6.10 Å². The number of aromatic nitrogens is 2. The smallest absolute Gasteiger partial charge is 0.316 e. The number of hydrogen-bond donors (Lipinski definition) is 0. The summed E-state index contributed by atoms with van der Waals surface area (Å²) in [6, 6.07) is 8.38. The number of thioether (sulfide) groups is 1. The highest BCUT2D eigenvalue weighted by Gasteiger charge is 2.30. The van der Waals surface area contributed by atoms with Crippen molar-refractivity contribution in [1.82, 2.24) is 14.9 Å². The molecule has 0 spiro atoms. The highest BCUT2D eigenvalue weighted by molar-refractivity contribution is 7.99. The molecule has 8 heteroatoms. The Kier molecular flexibility index (Phi) is 5.24. The van der Waals surface area contributed by atoms with Crippen molar-refractivity contribution in [3.05, 3.63) is 48.3 Å². The molecule has 0 bridgehead atoms. The third kappa shape index (κ3) is 4.00. The average Bonchev–Trinajstić information content (AvgIpc) is 3.03. The van der Waals surface area contributed by atoms with E-state index in [1.807, 2.05) is 0 Å². The second-order valence-electron chi connectivity index (χ2n) is 5.19. The summed E-state index contributed by atoms with van der Waals surface area (Å²) in [5, 5.41) is 0. The number of alkyl halides is 2. The van der Waals surface area contributed by atoms with Gasteiger partial charge in [0.15, 0.2) is 0 Å². The summed E-state index contributed by atoms with van der Waals surface area (Å²) in [7, 11) is 0. The van der Waals surface area contributed by atoms with E-state index in [4.69, 9.17) is 4.74 Å². The molecule has 0 aliphatic carbocycles. The number of halogens is 2. The van der Waals surface area contributed by atoms with Gasteiger partial charge in [0.05, 0.1) is 12.1 Å². The molecule has 0 unspecified atom stereocenters. The highest BCUT2D eigenvalue weighted by atomic mass is 32.2. The monoisotopic (exact) mass is 351 g/mol. The molecule has 1 saturated heterocycles. The molecule has 3 rings (SSSR count). The minimum absolute atomic E-state index is 0.203. The Morgan fingerprint density at radius 2 is 2.00 bits per heavy atom. The van der Waals surface area contributed by atoms with Crippen molar-refractivity contribution in [2.45, 2.75) is 23.2 Å². The maximum absolute atomic E-state index is 12.6. The van der Waals surface area contributed by atoms with Gasteiger partial charge in [-0.05, 0) is 18.2 Å². The maximum atomic E-state index is 12.6. The largest absolute Gasteiger partial charge is 0.458 e. The Bertz CT molecular complexity index is 703. The van der Waals surface area contributed by atoms with Crippen molar-refractivity contribution >= 4 is 17.7 Å². The van der Waals surface area contributed by atoms with Gasteiger partial charge in [0.2, 0.25) is 0 Å². The van der Waals surface area contributed by atoms with Crippen LogP contribution in [0.3, 0.4) is 0 Å². The highest BCUT2D eigenvalue weighted by Crippen LogP contribution is 2.30. The lowest BCUT2D eigenvalue weighted by Crippen LogP contribution is -2.31. The molecular weight excluding hydrogens is 336 g/mol. The second-order valence-corrected chi connectivity index (χ2v) is 6.22. The predicted molar refractivity (Wildman–Crippen MR) is 85.3 cm³/mol. The standard InChI is InChI=1S/C16H15F2N3O2S/c17-15(18)24-13-5-2-1-4-12(13)14(22)21-9-6-11(10-21)23-16-19-7-3-8-20-16/h1-5,7-8,11,15H,6,9-10H2/t11-/m1/s1. The average molecular weight is 351 g/mol. The normalized spacial score (nSPS) is 17.3. The molecular formula is C16H15F2N3O2S. The van der Waals surface area contributed by atoms with Crippen LogP contribution in [-0.4, -0.2) is 45.7 Å². The molecule has 1 aromatic heterocycles. The first-order chi connectivity index (χ1) is 11.6. The fourth-order valence-corrected chi connectivity index (χ4v) is 3.15. The van der Waals surface area contributed by atoms with Crippen molar-refractivity contribution in [3.63, 3.8) is 0 Å². The molecule has 1 atom stereocenters. The van der Waals surface area contributed by atoms with Crippen LogP contribution in [-0.2, 0) is 0 Å². The molecule has 0 radical (unpaired) electrons. The molecule has 1 aromatic carbocycles. The third-order valence-electron chi connectivity index (χ3n) is 3.58. The first-order valence-electron chi connectivity index (χ1n) is 7.40.